The van der Waals surface area contributed by atoms with Gasteiger partial charge in [0.1, 0.15) is 17.3 Å². The van der Waals surface area contributed by atoms with Crippen molar-refractivity contribution in [1.82, 2.24) is 15.2 Å². The van der Waals surface area contributed by atoms with Crippen molar-refractivity contribution in [2.45, 2.75) is 25.4 Å². The Morgan fingerprint density at radius 1 is 1.18 bits per heavy atom. The number of fused-ring (bicyclic) bond motifs is 1. The van der Waals surface area contributed by atoms with E-state index in [9.17, 15) is 23.2 Å². The summed E-state index contributed by atoms with van der Waals surface area (Å²) in [6.45, 7) is 0.589. The lowest BCUT2D eigenvalue weighted by Crippen LogP contribution is -2.48. The largest absolute Gasteiger partial charge is 0.333 e. The average molecular weight is 388 g/mol. The number of nitrogens with one attached hydrogen (secondary N) is 2. The predicted molar refractivity (Wildman–Crippen MR) is 96.8 cm³/mol. The SMILES string of the molecule is O=C(NC1CC(=O)N(c2c(F)cccc2F)C1)N1CCc2cc[nH]c(=O)c2C1. The molecule has 1 unspecified atom stereocenters. The van der Waals surface area contributed by atoms with Crippen LogP contribution < -0.4 is 15.8 Å². The number of carbonyl (C=O) groups excluding carboxylic acids is 2. The zero-order chi connectivity index (χ0) is 19.8. The lowest BCUT2D eigenvalue weighted by molar-refractivity contribution is -0.117. The molecule has 0 spiro atoms. The molecule has 4 rings (SSSR count). The van der Waals surface area contributed by atoms with E-state index in [1.54, 1.807) is 6.20 Å². The van der Waals surface area contributed by atoms with E-state index in [0.29, 0.717) is 18.5 Å². The molecule has 1 saturated heterocycles. The number of hydrogen-bond acceptors (Lipinski definition) is 3. The molecule has 28 heavy (non-hydrogen) atoms. The van der Waals surface area contributed by atoms with Crippen molar-refractivity contribution in [1.29, 1.82) is 0 Å². The minimum atomic E-state index is -0.827. The van der Waals surface area contributed by atoms with E-state index >= 15 is 0 Å². The minimum absolute atomic E-state index is 0.0204. The van der Waals surface area contributed by atoms with Gasteiger partial charge in [-0.25, -0.2) is 13.6 Å². The molecule has 0 radical (unpaired) electrons. The number of halogens is 2. The summed E-state index contributed by atoms with van der Waals surface area (Å²) in [6.07, 6.45) is 2.09. The zero-order valence-corrected chi connectivity index (χ0v) is 14.9. The second-order valence-electron chi connectivity index (χ2n) is 6.91. The first kappa shape index (κ1) is 18.1. The Bertz CT molecular complexity index is 987. The van der Waals surface area contributed by atoms with Gasteiger partial charge in [-0.05, 0) is 30.2 Å². The fraction of sp³-hybridized carbons (Fsp3) is 0.316. The number of anilines is 1. The first-order valence-electron chi connectivity index (χ1n) is 8.93. The Morgan fingerprint density at radius 3 is 2.68 bits per heavy atom. The van der Waals surface area contributed by atoms with Gasteiger partial charge in [0, 0.05) is 31.3 Å². The molecule has 2 aliphatic rings. The van der Waals surface area contributed by atoms with Gasteiger partial charge in [0.2, 0.25) is 5.91 Å². The third-order valence-corrected chi connectivity index (χ3v) is 5.11. The Balaban J connectivity index is 1.44. The summed E-state index contributed by atoms with van der Waals surface area (Å²) in [4.78, 5) is 41.9. The van der Waals surface area contributed by atoms with E-state index < -0.39 is 35.3 Å². The third-order valence-electron chi connectivity index (χ3n) is 5.11. The Kier molecular flexibility index (Phi) is 4.58. The summed E-state index contributed by atoms with van der Waals surface area (Å²) in [6, 6.07) is 4.23. The second-order valence-corrected chi connectivity index (χ2v) is 6.91. The minimum Gasteiger partial charge on any atom is -0.333 e. The van der Waals surface area contributed by atoms with E-state index in [1.807, 2.05) is 6.07 Å². The molecule has 9 heteroatoms. The van der Waals surface area contributed by atoms with E-state index in [-0.39, 0.29) is 25.1 Å². The van der Waals surface area contributed by atoms with Gasteiger partial charge in [0.15, 0.2) is 0 Å². The number of aromatic amines is 1. The standard InChI is InChI=1S/C19H18F2N4O3/c20-14-2-1-3-15(21)17(14)25-9-12(8-16(25)26)23-19(28)24-7-5-11-4-6-22-18(27)13(11)10-24/h1-4,6,12H,5,7-10H2,(H,22,27)(H,23,28). The lowest BCUT2D eigenvalue weighted by atomic mass is 10.0. The van der Waals surface area contributed by atoms with E-state index in [1.165, 1.54) is 11.0 Å². The predicted octanol–water partition coefficient (Wildman–Crippen LogP) is 1.53. The number of carbonyl (C=O) groups is 2. The molecule has 1 atom stereocenters. The van der Waals surface area contributed by atoms with Gasteiger partial charge in [-0.15, -0.1) is 0 Å². The van der Waals surface area contributed by atoms with E-state index in [0.717, 1.165) is 22.6 Å². The molecule has 7 nitrogen and oxygen atoms in total. The summed E-state index contributed by atoms with van der Waals surface area (Å²) in [7, 11) is 0. The molecular weight excluding hydrogens is 370 g/mol. The van der Waals surface area contributed by atoms with Crippen molar-refractivity contribution >= 4 is 17.6 Å². The van der Waals surface area contributed by atoms with Crippen molar-refractivity contribution in [2.75, 3.05) is 18.0 Å². The van der Waals surface area contributed by atoms with Crippen LogP contribution in [0, 0.1) is 11.6 Å². The maximum absolute atomic E-state index is 14.0. The van der Waals surface area contributed by atoms with Crippen LogP contribution in [0.1, 0.15) is 17.5 Å². The Hall–Kier alpha value is -3.23. The molecule has 2 N–H and O–H groups in total. The van der Waals surface area contributed by atoms with E-state index in [2.05, 4.69) is 10.3 Å². The van der Waals surface area contributed by atoms with Crippen molar-refractivity contribution < 1.29 is 18.4 Å². The van der Waals surface area contributed by atoms with Gasteiger partial charge in [-0.2, -0.15) is 0 Å². The van der Waals surface area contributed by atoms with Crippen LogP contribution in [-0.2, 0) is 17.8 Å². The van der Waals surface area contributed by atoms with Gasteiger partial charge in [0.25, 0.3) is 5.56 Å². The van der Waals surface area contributed by atoms with Crippen molar-refractivity contribution in [3.05, 3.63) is 63.6 Å². The number of pyridine rings is 1. The highest BCUT2D eigenvalue weighted by atomic mass is 19.1. The highest BCUT2D eigenvalue weighted by molar-refractivity contribution is 5.97. The van der Waals surface area contributed by atoms with Crippen LogP contribution in [0.3, 0.4) is 0 Å². The molecule has 1 aromatic heterocycles. The summed E-state index contributed by atoms with van der Waals surface area (Å²) in [5, 5.41) is 2.74. The van der Waals surface area contributed by atoms with Crippen LogP contribution >= 0.6 is 0 Å². The number of para-hydroxylation sites is 1. The molecule has 0 saturated carbocycles. The highest BCUT2D eigenvalue weighted by Gasteiger charge is 2.35. The summed E-state index contributed by atoms with van der Waals surface area (Å²) < 4.78 is 27.9. The molecule has 2 aliphatic heterocycles. The van der Waals surface area contributed by atoms with Crippen LogP contribution in [0.2, 0.25) is 0 Å². The molecular formula is C19H18F2N4O3. The normalized spacial score (nSPS) is 18.9. The van der Waals surface area contributed by atoms with Crippen molar-refractivity contribution in [2.24, 2.45) is 0 Å². The zero-order valence-electron chi connectivity index (χ0n) is 14.9. The fourth-order valence-corrected chi connectivity index (χ4v) is 3.69. The molecule has 2 aromatic rings. The first-order valence-corrected chi connectivity index (χ1v) is 8.93. The van der Waals surface area contributed by atoms with Crippen LogP contribution in [0.25, 0.3) is 0 Å². The molecule has 3 heterocycles. The van der Waals surface area contributed by atoms with Gasteiger partial charge in [0.05, 0.1) is 12.6 Å². The molecule has 0 aliphatic carbocycles. The fourth-order valence-electron chi connectivity index (χ4n) is 3.69. The topological polar surface area (TPSA) is 85.5 Å². The molecule has 1 aromatic carbocycles. The van der Waals surface area contributed by atoms with Gasteiger partial charge in [-0.1, -0.05) is 6.07 Å². The number of urea groups is 1. The number of amides is 3. The Labute approximate surface area is 159 Å². The number of H-pyrrole nitrogens is 1. The van der Waals surface area contributed by atoms with Crippen LogP contribution in [0.5, 0.6) is 0 Å². The maximum atomic E-state index is 14.0. The number of nitrogens with zero attached hydrogens (tertiary/aromatic N) is 2. The number of hydrogen-bond donors (Lipinski definition) is 2. The Morgan fingerprint density at radius 2 is 1.93 bits per heavy atom. The summed E-state index contributed by atoms with van der Waals surface area (Å²) >= 11 is 0. The smallest absolute Gasteiger partial charge is 0.318 e. The monoisotopic (exact) mass is 388 g/mol. The van der Waals surface area contributed by atoms with Crippen molar-refractivity contribution in [3.8, 4) is 0 Å². The number of rotatable bonds is 2. The first-order chi connectivity index (χ1) is 13.4. The lowest BCUT2D eigenvalue weighted by Gasteiger charge is -2.29. The van der Waals surface area contributed by atoms with Gasteiger partial charge in [-0.3, -0.25) is 9.59 Å². The van der Waals surface area contributed by atoms with Gasteiger partial charge < -0.3 is 20.1 Å². The second kappa shape index (κ2) is 7.06. The summed E-state index contributed by atoms with van der Waals surface area (Å²) in [5.41, 5.74) is 0.821. The van der Waals surface area contributed by atoms with Crippen LogP contribution in [-0.4, -0.2) is 41.0 Å². The van der Waals surface area contributed by atoms with Gasteiger partial charge >= 0.3 is 6.03 Å². The van der Waals surface area contributed by atoms with Crippen LogP contribution in [0.15, 0.2) is 35.3 Å². The number of benzene rings is 1. The molecule has 0 bridgehead atoms. The molecule has 146 valence electrons. The summed E-state index contributed by atoms with van der Waals surface area (Å²) in [5.74, 6) is -2.12. The van der Waals surface area contributed by atoms with Crippen molar-refractivity contribution in [3.63, 3.8) is 0 Å². The van der Waals surface area contributed by atoms with E-state index in [4.69, 9.17) is 0 Å². The third kappa shape index (κ3) is 3.23. The van der Waals surface area contributed by atoms with Crippen LogP contribution in [0.4, 0.5) is 19.3 Å². The maximum Gasteiger partial charge on any atom is 0.318 e. The number of aromatic nitrogens is 1. The average Bonchev–Trinajstić information content (AvgIpc) is 3.01. The highest BCUT2D eigenvalue weighted by Crippen LogP contribution is 2.27. The quantitative estimate of drug-likeness (QED) is 0.818. The molecule has 3 amide bonds. The molecule has 1 fully saturated rings.